The van der Waals surface area contributed by atoms with Gasteiger partial charge in [0.25, 0.3) is 11.5 Å². The first-order valence-corrected chi connectivity index (χ1v) is 12.6. The summed E-state index contributed by atoms with van der Waals surface area (Å²) in [5.74, 6) is 0.204. The highest BCUT2D eigenvalue weighted by Gasteiger charge is 2.29. The summed E-state index contributed by atoms with van der Waals surface area (Å²) < 4.78 is 30.7. The average Bonchev–Trinajstić information content (AvgIpc) is 3.13. The van der Waals surface area contributed by atoms with Gasteiger partial charge in [0.2, 0.25) is 0 Å². The van der Waals surface area contributed by atoms with Gasteiger partial charge in [0, 0.05) is 56.6 Å². The number of nitrogens with one attached hydrogen (secondary N) is 2. The van der Waals surface area contributed by atoms with E-state index in [0.717, 1.165) is 42.3 Å². The summed E-state index contributed by atoms with van der Waals surface area (Å²) in [5, 5.41) is 3.76. The molecule has 1 amide bonds. The number of H-pyrrole nitrogens is 1. The van der Waals surface area contributed by atoms with E-state index in [2.05, 4.69) is 21.8 Å². The van der Waals surface area contributed by atoms with Gasteiger partial charge in [0.15, 0.2) is 0 Å². The van der Waals surface area contributed by atoms with E-state index >= 15 is 0 Å². The van der Waals surface area contributed by atoms with E-state index in [1.54, 1.807) is 20.1 Å². The summed E-state index contributed by atoms with van der Waals surface area (Å²) in [5.41, 5.74) is 2.89. The molecule has 3 aromatic rings. The van der Waals surface area contributed by atoms with Crippen LogP contribution < -0.4 is 10.9 Å². The number of aryl methyl sites for hydroxylation is 1. The van der Waals surface area contributed by atoms with Crippen molar-refractivity contribution in [3.63, 3.8) is 0 Å². The molecule has 1 fully saturated rings. The minimum atomic E-state index is -2.30. The van der Waals surface area contributed by atoms with Gasteiger partial charge in [-0.15, -0.1) is 11.8 Å². The molecule has 1 atom stereocenters. The molecule has 0 spiro atoms. The summed E-state index contributed by atoms with van der Waals surface area (Å²) in [6.45, 7) is 5.83. The van der Waals surface area contributed by atoms with Gasteiger partial charge in [-0.1, -0.05) is 18.2 Å². The number of pyridine rings is 1. The lowest BCUT2D eigenvalue weighted by Crippen LogP contribution is -2.29. The number of methoxy groups -OCH3 is 1. The highest BCUT2D eigenvalue weighted by Crippen LogP contribution is 2.38. The summed E-state index contributed by atoms with van der Waals surface area (Å²) >= 11 is 0.650. The summed E-state index contributed by atoms with van der Waals surface area (Å²) in [7, 11) is 1.78. The molecule has 7 heteroatoms. The number of fused-ring (bicyclic) bond motifs is 1. The molecule has 1 aliphatic carbocycles. The molecule has 34 heavy (non-hydrogen) atoms. The molecule has 1 aliphatic rings. The maximum atomic E-state index is 13.6. The second-order valence-corrected chi connectivity index (χ2v) is 9.91. The fourth-order valence-corrected chi connectivity index (χ4v) is 5.95. The second-order valence-electron chi connectivity index (χ2n) is 9.27. The molecule has 1 saturated carbocycles. The fourth-order valence-electron chi connectivity index (χ4n) is 5.42. The number of rotatable bonds is 7. The van der Waals surface area contributed by atoms with Gasteiger partial charge in [-0.3, -0.25) is 9.59 Å². The van der Waals surface area contributed by atoms with Crippen molar-refractivity contribution in [2.75, 3.05) is 13.3 Å². The molecule has 182 valence electrons. The monoisotopic (exact) mass is 484 g/mol. The summed E-state index contributed by atoms with van der Waals surface area (Å²) in [4.78, 5) is 29.3. The molecular formula is C27H35N3O3S. The Labute approximate surface area is 209 Å². The molecule has 0 radical (unpaired) electrons. The number of para-hydroxylation sites is 1. The van der Waals surface area contributed by atoms with E-state index in [9.17, 15) is 9.59 Å². The minimum Gasteiger partial charge on any atom is -0.381 e. The Kier molecular flexibility index (Phi) is 6.37. The van der Waals surface area contributed by atoms with Crippen LogP contribution in [0.15, 0.2) is 40.0 Å². The number of carbonyl (C=O) groups is 1. The Balaban J connectivity index is 1.63. The van der Waals surface area contributed by atoms with Crippen LogP contribution >= 0.6 is 11.8 Å². The molecule has 0 aliphatic heterocycles. The van der Waals surface area contributed by atoms with Gasteiger partial charge in [0.05, 0.1) is 11.7 Å². The molecule has 0 bridgehead atoms. The van der Waals surface area contributed by atoms with E-state index in [1.807, 2.05) is 31.2 Å². The van der Waals surface area contributed by atoms with Gasteiger partial charge < -0.3 is 19.6 Å². The lowest BCUT2D eigenvalue weighted by molar-refractivity contribution is 0.0492. The third-order valence-electron chi connectivity index (χ3n) is 7.29. The van der Waals surface area contributed by atoms with Gasteiger partial charge in [-0.05, 0) is 70.7 Å². The summed E-state index contributed by atoms with van der Waals surface area (Å²) in [6, 6.07) is 9.76. The Morgan fingerprint density at radius 1 is 1.29 bits per heavy atom. The third-order valence-corrected chi connectivity index (χ3v) is 7.87. The number of benzene rings is 1. The van der Waals surface area contributed by atoms with Crippen LogP contribution in [0.2, 0.25) is 0 Å². The molecule has 1 aromatic carbocycles. The maximum Gasteiger partial charge on any atom is 0.254 e. The van der Waals surface area contributed by atoms with Crippen molar-refractivity contribution in [3.05, 3.63) is 63.2 Å². The zero-order chi connectivity index (χ0) is 26.9. The first-order valence-electron chi connectivity index (χ1n) is 13.3. The first-order chi connectivity index (χ1) is 17.5. The first kappa shape index (κ1) is 20.8. The molecule has 0 saturated heterocycles. The minimum absolute atomic E-state index is 0.0671. The predicted octanol–water partition coefficient (Wildman–Crippen LogP) is 5.36. The van der Waals surface area contributed by atoms with Crippen LogP contribution in [0.1, 0.15) is 70.1 Å². The number of hydrogen-bond donors (Lipinski definition) is 2. The van der Waals surface area contributed by atoms with Crippen molar-refractivity contribution in [2.24, 2.45) is 5.92 Å². The number of carbonyl (C=O) groups excluding carboxylic acids is 1. The van der Waals surface area contributed by atoms with Crippen molar-refractivity contribution in [2.45, 2.75) is 70.0 Å². The average molecular weight is 485 g/mol. The Morgan fingerprint density at radius 3 is 2.74 bits per heavy atom. The lowest BCUT2D eigenvalue weighted by atomic mass is 9.83. The van der Waals surface area contributed by atoms with Crippen molar-refractivity contribution in [1.29, 1.82) is 0 Å². The molecular weight excluding hydrogens is 446 g/mol. The zero-order valence-corrected chi connectivity index (χ0v) is 21.1. The van der Waals surface area contributed by atoms with E-state index in [4.69, 9.17) is 8.85 Å². The van der Waals surface area contributed by atoms with Crippen molar-refractivity contribution < 1.29 is 13.6 Å². The Hall–Kier alpha value is -2.51. The molecule has 1 unspecified atom stereocenters. The zero-order valence-electron chi connectivity index (χ0n) is 23.2. The third kappa shape index (κ3) is 4.68. The van der Waals surface area contributed by atoms with Gasteiger partial charge in [-0.25, -0.2) is 0 Å². The Bertz CT molecular complexity index is 1340. The smallest absolute Gasteiger partial charge is 0.254 e. The number of aromatic amines is 1. The van der Waals surface area contributed by atoms with Gasteiger partial charge in [-0.2, -0.15) is 0 Å². The number of hydrogen-bond acceptors (Lipinski definition) is 4. The highest BCUT2D eigenvalue weighted by molar-refractivity contribution is 7.98. The predicted molar refractivity (Wildman–Crippen MR) is 139 cm³/mol. The quantitative estimate of drug-likeness (QED) is 0.443. The van der Waals surface area contributed by atoms with Crippen LogP contribution in [0.5, 0.6) is 0 Å². The van der Waals surface area contributed by atoms with Crippen LogP contribution in [0.4, 0.5) is 0 Å². The number of aromatic nitrogens is 2. The van der Waals surface area contributed by atoms with E-state index in [1.165, 1.54) is 0 Å². The summed E-state index contributed by atoms with van der Waals surface area (Å²) in [6.07, 6.45) is 2.25. The molecule has 2 heterocycles. The normalized spacial score (nSPS) is 21.0. The standard InChI is InChI=1S/C27H35N3O3S/c1-16-14-24(34-5)22(26(31)29-16)15-28-27(32)25-18(3)30(23-9-7-6-8-21(23)25)17(2)19-10-12-20(33-4)13-11-19/h6-9,14,17,19-20H,10-13,15H2,1-5H3,(H,28,32)(H,29,31)/i5D3. The number of ether oxygens (including phenoxy) is 1. The number of nitrogens with zero attached hydrogens (tertiary/aromatic N) is 1. The van der Waals surface area contributed by atoms with Crippen molar-refractivity contribution >= 4 is 28.6 Å². The van der Waals surface area contributed by atoms with Crippen LogP contribution in [0.25, 0.3) is 10.9 Å². The lowest BCUT2D eigenvalue weighted by Gasteiger charge is -2.33. The van der Waals surface area contributed by atoms with Crippen LogP contribution in [-0.4, -0.2) is 34.9 Å². The topological polar surface area (TPSA) is 76.1 Å². The van der Waals surface area contributed by atoms with Crippen molar-refractivity contribution in [3.8, 4) is 0 Å². The number of amides is 1. The molecule has 2 N–H and O–H groups in total. The van der Waals surface area contributed by atoms with Crippen LogP contribution in [-0.2, 0) is 11.3 Å². The highest BCUT2D eigenvalue weighted by atomic mass is 32.2. The second kappa shape index (κ2) is 10.4. The van der Waals surface area contributed by atoms with E-state index < -0.39 is 11.7 Å². The Morgan fingerprint density at radius 2 is 2.03 bits per heavy atom. The fraction of sp³-hybridized carbons (Fsp3) is 0.481. The van der Waals surface area contributed by atoms with Crippen molar-refractivity contribution in [1.82, 2.24) is 14.9 Å². The largest absolute Gasteiger partial charge is 0.381 e. The molecule has 2 aromatic heterocycles. The van der Waals surface area contributed by atoms with E-state index in [0.29, 0.717) is 39.9 Å². The molecule has 4 rings (SSSR count). The van der Waals surface area contributed by atoms with Crippen LogP contribution in [0.3, 0.4) is 0 Å². The number of thioether (sulfide) groups is 1. The van der Waals surface area contributed by atoms with Gasteiger partial charge >= 0.3 is 0 Å². The van der Waals surface area contributed by atoms with Crippen LogP contribution in [0, 0.1) is 19.8 Å². The maximum absolute atomic E-state index is 13.6. The van der Waals surface area contributed by atoms with E-state index in [-0.39, 0.29) is 24.1 Å². The molecule has 6 nitrogen and oxygen atoms in total. The SMILES string of the molecule is [2H]C([2H])([2H])Sc1cc(C)[nH]c(=O)c1CNC(=O)c1c(C)n(C(C)C2CCC(OC)CC2)c2ccccc12. The van der Waals surface area contributed by atoms with Gasteiger partial charge in [0.1, 0.15) is 0 Å².